The highest BCUT2D eigenvalue weighted by Gasteiger charge is 2.31. The topological polar surface area (TPSA) is 109 Å². The number of nitrogens with zero attached hydrogens (tertiary/aromatic N) is 1. The maximum Gasteiger partial charge on any atom is 0.303 e. The molecule has 3 rings (SSSR count). The number of aliphatic hydroxyl groups is 1. The Morgan fingerprint density at radius 3 is 2.45 bits per heavy atom. The number of rotatable bonds is 8. The third-order valence-corrected chi connectivity index (χ3v) is 6.19. The Morgan fingerprint density at radius 1 is 1.06 bits per heavy atom. The van der Waals surface area contributed by atoms with E-state index in [4.69, 9.17) is 5.11 Å². The molecular formula is C24H32N2O5. The number of carboxylic acid groups (broad SMARTS) is 1. The van der Waals surface area contributed by atoms with Crippen molar-refractivity contribution in [2.75, 3.05) is 5.32 Å². The number of pyridine rings is 1. The number of nitrogens with one attached hydrogen (secondary N) is 1. The van der Waals surface area contributed by atoms with E-state index in [2.05, 4.69) is 5.32 Å². The monoisotopic (exact) mass is 428 g/mol. The molecule has 1 heterocycles. The second kappa shape index (κ2) is 10.1. The van der Waals surface area contributed by atoms with Crippen LogP contribution in [-0.2, 0) is 16.1 Å². The van der Waals surface area contributed by atoms with Crippen molar-refractivity contribution in [3.05, 3.63) is 40.3 Å². The summed E-state index contributed by atoms with van der Waals surface area (Å²) in [6.45, 7) is 2.33. The van der Waals surface area contributed by atoms with E-state index in [1.807, 2.05) is 19.1 Å². The van der Waals surface area contributed by atoms with E-state index in [1.54, 1.807) is 16.8 Å². The van der Waals surface area contributed by atoms with Crippen LogP contribution in [0.15, 0.2) is 29.2 Å². The van der Waals surface area contributed by atoms with Gasteiger partial charge in [0.05, 0.1) is 17.7 Å². The van der Waals surface area contributed by atoms with Gasteiger partial charge in [-0.25, -0.2) is 0 Å². The molecule has 1 aliphatic rings. The smallest absolute Gasteiger partial charge is 0.303 e. The molecule has 7 heteroatoms. The number of carbonyl (C=O) groups excluding carboxylic acids is 1. The van der Waals surface area contributed by atoms with E-state index < -0.39 is 11.6 Å². The SMILES string of the molecule is Cc1ccc2c(=O)n(CCCCC(=O)O)ccc2c1NC(=O)CC1(O)CCCCCC1. The van der Waals surface area contributed by atoms with Crippen LogP contribution in [0, 0.1) is 6.92 Å². The summed E-state index contributed by atoms with van der Waals surface area (Å²) < 4.78 is 1.58. The number of unbranched alkanes of at least 4 members (excludes halogenated alkanes) is 1. The van der Waals surface area contributed by atoms with Crippen LogP contribution in [0.2, 0.25) is 0 Å². The molecule has 1 aromatic carbocycles. The lowest BCUT2D eigenvalue weighted by Gasteiger charge is -2.26. The van der Waals surface area contributed by atoms with Gasteiger partial charge in [-0.05, 0) is 50.3 Å². The summed E-state index contributed by atoms with van der Waals surface area (Å²) in [5.41, 5.74) is 0.342. The zero-order chi connectivity index (χ0) is 22.4. The summed E-state index contributed by atoms with van der Waals surface area (Å²) in [5.74, 6) is -1.08. The zero-order valence-electron chi connectivity index (χ0n) is 18.2. The molecule has 1 fully saturated rings. The quantitative estimate of drug-likeness (QED) is 0.435. The fraction of sp³-hybridized carbons (Fsp3) is 0.542. The van der Waals surface area contributed by atoms with Gasteiger partial charge in [0.15, 0.2) is 0 Å². The number of aromatic nitrogens is 1. The van der Waals surface area contributed by atoms with Gasteiger partial charge in [-0.2, -0.15) is 0 Å². The van der Waals surface area contributed by atoms with Crippen LogP contribution in [0.1, 0.15) is 69.8 Å². The highest BCUT2D eigenvalue weighted by molar-refractivity contribution is 6.03. The third-order valence-electron chi connectivity index (χ3n) is 6.19. The average molecular weight is 429 g/mol. The van der Waals surface area contributed by atoms with Gasteiger partial charge in [-0.15, -0.1) is 0 Å². The molecule has 0 saturated heterocycles. The Kier molecular flexibility index (Phi) is 7.49. The van der Waals surface area contributed by atoms with E-state index in [-0.39, 0.29) is 24.3 Å². The van der Waals surface area contributed by atoms with Crippen molar-refractivity contribution < 1.29 is 19.8 Å². The first-order valence-corrected chi connectivity index (χ1v) is 11.2. The van der Waals surface area contributed by atoms with Gasteiger partial charge in [0, 0.05) is 29.9 Å². The second-order valence-electron chi connectivity index (χ2n) is 8.75. The number of aryl methyl sites for hydroxylation is 2. The Hall–Kier alpha value is -2.67. The predicted molar refractivity (Wildman–Crippen MR) is 120 cm³/mol. The first-order valence-electron chi connectivity index (χ1n) is 11.2. The van der Waals surface area contributed by atoms with Crippen molar-refractivity contribution in [1.29, 1.82) is 0 Å². The fourth-order valence-corrected chi connectivity index (χ4v) is 4.42. The van der Waals surface area contributed by atoms with Crippen LogP contribution < -0.4 is 10.9 Å². The van der Waals surface area contributed by atoms with Crippen LogP contribution in [0.4, 0.5) is 5.69 Å². The lowest BCUT2D eigenvalue weighted by atomic mass is 9.90. The molecule has 1 aromatic heterocycles. The molecule has 31 heavy (non-hydrogen) atoms. The number of anilines is 1. The van der Waals surface area contributed by atoms with Gasteiger partial charge < -0.3 is 20.1 Å². The fourth-order valence-electron chi connectivity index (χ4n) is 4.42. The molecule has 0 spiro atoms. The van der Waals surface area contributed by atoms with Gasteiger partial charge in [-0.3, -0.25) is 14.4 Å². The zero-order valence-corrected chi connectivity index (χ0v) is 18.2. The summed E-state index contributed by atoms with van der Waals surface area (Å²) in [6, 6.07) is 5.39. The normalized spacial score (nSPS) is 16.1. The van der Waals surface area contributed by atoms with Gasteiger partial charge in [-0.1, -0.05) is 31.7 Å². The summed E-state index contributed by atoms with van der Waals surface area (Å²) in [5, 5.41) is 23.7. The largest absolute Gasteiger partial charge is 0.481 e. The van der Waals surface area contributed by atoms with Gasteiger partial charge in [0.1, 0.15) is 0 Å². The molecule has 3 N–H and O–H groups in total. The number of benzene rings is 1. The molecule has 0 aliphatic heterocycles. The van der Waals surface area contributed by atoms with Crippen LogP contribution in [0.25, 0.3) is 10.8 Å². The number of aliphatic carboxylic acids is 1. The van der Waals surface area contributed by atoms with Crippen molar-refractivity contribution >= 4 is 28.3 Å². The molecule has 0 atom stereocenters. The van der Waals surface area contributed by atoms with Crippen LogP contribution in [-0.4, -0.2) is 32.3 Å². The molecule has 1 amide bonds. The molecule has 168 valence electrons. The number of carbonyl (C=O) groups is 2. The molecule has 1 saturated carbocycles. The minimum absolute atomic E-state index is 0.0590. The Labute approximate surface area is 182 Å². The maximum absolute atomic E-state index is 12.9. The van der Waals surface area contributed by atoms with Gasteiger partial charge >= 0.3 is 5.97 Å². The Morgan fingerprint density at radius 2 is 1.77 bits per heavy atom. The first-order chi connectivity index (χ1) is 14.8. The van der Waals surface area contributed by atoms with E-state index in [0.717, 1.165) is 31.2 Å². The molecule has 0 unspecified atom stereocenters. The van der Waals surface area contributed by atoms with Crippen molar-refractivity contribution in [2.24, 2.45) is 0 Å². The van der Waals surface area contributed by atoms with Crippen molar-refractivity contribution in [1.82, 2.24) is 4.57 Å². The Balaban J connectivity index is 1.78. The molecule has 2 aromatic rings. The summed E-state index contributed by atoms with van der Waals surface area (Å²) >= 11 is 0. The number of fused-ring (bicyclic) bond motifs is 1. The Bertz CT molecular complexity index is 1000. The van der Waals surface area contributed by atoms with Crippen molar-refractivity contribution in [3.8, 4) is 0 Å². The minimum atomic E-state index is -0.957. The standard InChI is InChI=1S/C24H32N2O5/c1-17-9-10-19-18(11-15-26(23(19)30)14-7-4-8-21(28)29)22(17)25-20(27)16-24(31)12-5-2-3-6-13-24/h9-11,15,31H,2-8,12-14,16H2,1H3,(H,25,27)(H,28,29). The maximum atomic E-state index is 12.9. The van der Waals surface area contributed by atoms with Crippen LogP contribution in [0.5, 0.6) is 0 Å². The van der Waals surface area contributed by atoms with Gasteiger partial charge in [0.2, 0.25) is 5.91 Å². The highest BCUT2D eigenvalue weighted by Crippen LogP contribution is 2.31. The number of hydrogen-bond donors (Lipinski definition) is 3. The van der Waals surface area contributed by atoms with E-state index in [1.165, 1.54) is 0 Å². The molecule has 0 radical (unpaired) electrons. The lowest BCUT2D eigenvalue weighted by Crippen LogP contribution is -2.33. The van der Waals surface area contributed by atoms with Crippen molar-refractivity contribution in [2.45, 2.75) is 83.3 Å². The van der Waals surface area contributed by atoms with Crippen LogP contribution in [0.3, 0.4) is 0 Å². The minimum Gasteiger partial charge on any atom is -0.481 e. The molecule has 7 nitrogen and oxygen atoms in total. The number of amides is 1. The number of hydrogen-bond acceptors (Lipinski definition) is 4. The molecule has 0 bridgehead atoms. The van der Waals surface area contributed by atoms with E-state index in [9.17, 15) is 19.5 Å². The van der Waals surface area contributed by atoms with Crippen molar-refractivity contribution in [3.63, 3.8) is 0 Å². The summed E-state index contributed by atoms with van der Waals surface area (Å²) in [7, 11) is 0. The van der Waals surface area contributed by atoms with E-state index in [0.29, 0.717) is 48.7 Å². The van der Waals surface area contributed by atoms with Crippen LogP contribution >= 0.6 is 0 Å². The molecule has 1 aliphatic carbocycles. The second-order valence-corrected chi connectivity index (χ2v) is 8.75. The highest BCUT2D eigenvalue weighted by atomic mass is 16.4. The first kappa shape index (κ1) is 23.0. The lowest BCUT2D eigenvalue weighted by molar-refractivity contribution is -0.137. The average Bonchev–Trinajstić information content (AvgIpc) is 2.92. The number of carboxylic acids is 1. The van der Waals surface area contributed by atoms with Gasteiger partial charge in [0.25, 0.3) is 5.56 Å². The molecular weight excluding hydrogens is 396 g/mol. The predicted octanol–water partition coefficient (Wildman–Crippen LogP) is 3.98. The third kappa shape index (κ3) is 5.94. The summed E-state index contributed by atoms with van der Waals surface area (Å²) in [4.78, 5) is 36.3. The van der Waals surface area contributed by atoms with E-state index >= 15 is 0 Å². The summed E-state index contributed by atoms with van der Waals surface area (Å²) in [6.07, 6.45) is 8.29.